The lowest BCUT2D eigenvalue weighted by molar-refractivity contribution is 0.102. The number of nitrogens with zero attached hydrogens (tertiary/aromatic N) is 1. The highest BCUT2D eigenvalue weighted by Gasteiger charge is 2.11. The molecule has 148 valence electrons. The summed E-state index contributed by atoms with van der Waals surface area (Å²) in [6, 6.07) is 21.7. The molecule has 3 rings (SSSR count). The number of methoxy groups -OCH3 is 1. The zero-order valence-electron chi connectivity index (χ0n) is 15.9. The van der Waals surface area contributed by atoms with Crippen LogP contribution in [-0.4, -0.2) is 25.2 Å². The summed E-state index contributed by atoms with van der Waals surface area (Å²) in [5, 5.41) is 3.15. The van der Waals surface area contributed by atoms with E-state index in [1.54, 1.807) is 36.3 Å². The van der Waals surface area contributed by atoms with E-state index in [0.29, 0.717) is 22.2 Å². The maximum Gasteiger partial charge on any atom is 0.269 e. The van der Waals surface area contributed by atoms with Gasteiger partial charge in [-0.05, 0) is 78.9 Å². The third-order valence-electron chi connectivity index (χ3n) is 4.14. The number of halogens is 1. The van der Waals surface area contributed by atoms with Crippen molar-refractivity contribution in [2.24, 2.45) is 0 Å². The monoisotopic (exact) mass is 470 g/mol. The van der Waals surface area contributed by atoms with Gasteiger partial charge in [-0.25, -0.2) is 0 Å². The van der Waals surface area contributed by atoms with Crippen molar-refractivity contribution in [1.82, 2.24) is 0 Å². The van der Waals surface area contributed by atoms with Crippen molar-refractivity contribution in [3.8, 4) is 11.5 Å². The zero-order valence-corrected chi connectivity index (χ0v) is 18.3. The Morgan fingerprint density at radius 1 is 1.00 bits per heavy atom. The van der Waals surface area contributed by atoms with Crippen LogP contribution in [-0.2, 0) is 0 Å². The molecule has 0 unspecified atom stereocenters. The summed E-state index contributed by atoms with van der Waals surface area (Å²) in [4.78, 5) is 14.1. The molecule has 0 atom stereocenters. The van der Waals surface area contributed by atoms with Crippen molar-refractivity contribution >= 4 is 50.6 Å². The van der Waals surface area contributed by atoms with Gasteiger partial charge in [-0.3, -0.25) is 4.79 Å². The number of carbonyl (C=O) groups excluding carboxylic acids is 1. The first kappa shape index (κ1) is 20.8. The third kappa shape index (κ3) is 5.56. The molecule has 7 heteroatoms. The number of hydrogen-bond donors (Lipinski definition) is 1. The van der Waals surface area contributed by atoms with Crippen LogP contribution in [0.4, 0.5) is 11.4 Å². The molecule has 0 saturated heterocycles. The quantitative estimate of drug-likeness (QED) is 0.498. The third-order valence-corrected chi connectivity index (χ3v) is 4.99. The minimum Gasteiger partial charge on any atom is -0.497 e. The minimum absolute atomic E-state index is 0.201. The number of benzene rings is 3. The molecular weight excluding hydrogens is 452 g/mol. The Hall–Kier alpha value is -2.90. The van der Waals surface area contributed by atoms with Crippen LogP contribution in [0.5, 0.6) is 11.5 Å². The van der Waals surface area contributed by atoms with Gasteiger partial charge in [-0.1, -0.05) is 22.0 Å². The Labute approximate surface area is 183 Å². The number of hydrogen-bond acceptors (Lipinski definition) is 4. The Bertz CT molecular complexity index is 1010. The van der Waals surface area contributed by atoms with Crippen molar-refractivity contribution in [3.63, 3.8) is 0 Å². The minimum atomic E-state index is -0.201. The van der Waals surface area contributed by atoms with Gasteiger partial charge >= 0.3 is 0 Å². The number of carbonyl (C=O) groups is 1. The number of ether oxygens (including phenoxy) is 2. The van der Waals surface area contributed by atoms with E-state index in [9.17, 15) is 4.79 Å². The summed E-state index contributed by atoms with van der Waals surface area (Å²) >= 11 is 8.76. The molecule has 5 nitrogen and oxygen atoms in total. The van der Waals surface area contributed by atoms with Gasteiger partial charge in [0.15, 0.2) is 0 Å². The number of rotatable bonds is 5. The average molecular weight is 471 g/mol. The van der Waals surface area contributed by atoms with Gasteiger partial charge in [0.1, 0.15) is 11.5 Å². The predicted molar refractivity (Wildman–Crippen MR) is 123 cm³/mol. The van der Waals surface area contributed by atoms with Crippen LogP contribution in [0.25, 0.3) is 0 Å². The Balaban J connectivity index is 1.61. The van der Waals surface area contributed by atoms with Crippen molar-refractivity contribution in [2.75, 3.05) is 24.4 Å². The van der Waals surface area contributed by atoms with E-state index in [-0.39, 0.29) is 5.91 Å². The number of nitrogens with one attached hydrogen (secondary N) is 1. The molecular formula is C22H19BrN2O3S. The van der Waals surface area contributed by atoms with E-state index in [2.05, 4.69) is 21.2 Å². The molecule has 0 aromatic heterocycles. The molecule has 29 heavy (non-hydrogen) atoms. The van der Waals surface area contributed by atoms with Gasteiger partial charge < -0.3 is 19.7 Å². The molecule has 0 saturated carbocycles. The van der Waals surface area contributed by atoms with E-state index >= 15 is 0 Å². The summed E-state index contributed by atoms with van der Waals surface area (Å²) in [6.45, 7) is 0. The van der Waals surface area contributed by atoms with Gasteiger partial charge in [0.05, 0.1) is 7.11 Å². The van der Waals surface area contributed by atoms with Gasteiger partial charge in [0, 0.05) is 28.5 Å². The maximum absolute atomic E-state index is 12.4. The molecule has 3 aromatic carbocycles. The highest BCUT2D eigenvalue weighted by molar-refractivity contribution is 9.10. The fourth-order valence-corrected chi connectivity index (χ4v) is 3.13. The van der Waals surface area contributed by atoms with Crippen molar-refractivity contribution in [2.45, 2.75) is 0 Å². The molecule has 1 amide bonds. The summed E-state index contributed by atoms with van der Waals surface area (Å²) in [6.07, 6.45) is 0. The lowest BCUT2D eigenvalue weighted by Gasteiger charge is -2.20. The molecule has 0 heterocycles. The molecule has 0 bridgehead atoms. The highest BCUT2D eigenvalue weighted by Crippen LogP contribution is 2.21. The Kier molecular flexibility index (Phi) is 6.85. The number of anilines is 2. The summed E-state index contributed by atoms with van der Waals surface area (Å²) < 4.78 is 11.8. The topological polar surface area (TPSA) is 50.8 Å². The second-order valence-electron chi connectivity index (χ2n) is 6.11. The molecule has 0 aliphatic carbocycles. The van der Waals surface area contributed by atoms with Crippen LogP contribution in [0.2, 0.25) is 0 Å². The SMILES string of the molecule is COc1ccc(N(C)C(=S)Oc2ccc(C(=O)Nc3cccc(Br)c3)cc2)cc1. The standard InChI is InChI=1S/C22H19BrN2O3S/c1-25(18-8-12-19(27-2)13-9-18)22(29)28-20-10-6-15(7-11-20)21(26)24-17-5-3-4-16(23)14-17/h3-14H,1-2H3,(H,24,26). The van der Waals surface area contributed by atoms with Crippen LogP contribution in [0.3, 0.4) is 0 Å². The van der Waals surface area contributed by atoms with Crippen molar-refractivity contribution in [1.29, 1.82) is 0 Å². The molecule has 0 fully saturated rings. The Morgan fingerprint density at radius 2 is 1.66 bits per heavy atom. The van der Waals surface area contributed by atoms with E-state index in [4.69, 9.17) is 21.7 Å². The van der Waals surface area contributed by atoms with E-state index < -0.39 is 0 Å². The van der Waals surface area contributed by atoms with Gasteiger partial charge in [-0.15, -0.1) is 0 Å². The van der Waals surface area contributed by atoms with Gasteiger partial charge in [0.25, 0.3) is 11.1 Å². The first-order valence-corrected chi connectivity index (χ1v) is 9.93. The fourth-order valence-electron chi connectivity index (χ4n) is 2.52. The Morgan fingerprint density at radius 3 is 2.28 bits per heavy atom. The maximum atomic E-state index is 12.4. The number of thiocarbonyl (C=S) groups is 1. The summed E-state index contributed by atoms with van der Waals surface area (Å²) in [5.41, 5.74) is 2.11. The molecule has 1 N–H and O–H groups in total. The lowest BCUT2D eigenvalue weighted by Crippen LogP contribution is -2.29. The highest BCUT2D eigenvalue weighted by atomic mass is 79.9. The summed E-state index contributed by atoms with van der Waals surface area (Å²) in [5.74, 6) is 1.12. The molecule has 0 aliphatic heterocycles. The van der Waals surface area contributed by atoms with E-state index in [1.165, 1.54) is 0 Å². The second kappa shape index (κ2) is 9.54. The largest absolute Gasteiger partial charge is 0.497 e. The average Bonchev–Trinajstić information content (AvgIpc) is 2.73. The van der Waals surface area contributed by atoms with Crippen molar-refractivity contribution in [3.05, 3.63) is 82.8 Å². The first-order valence-electron chi connectivity index (χ1n) is 8.73. The number of amides is 1. The van der Waals surface area contributed by atoms with Gasteiger partial charge in [-0.2, -0.15) is 0 Å². The van der Waals surface area contributed by atoms with E-state index in [1.807, 2.05) is 55.6 Å². The van der Waals surface area contributed by atoms with Crippen LogP contribution in [0.15, 0.2) is 77.3 Å². The van der Waals surface area contributed by atoms with E-state index in [0.717, 1.165) is 15.9 Å². The van der Waals surface area contributed by atoms with Crippen LogP contribution in [0.1, 0.15) is 10.4 Å². The predicted octanol–water partition coefficient (Wildman–Crippen LogP) is 5.51. The molecule has 3 aromatic rings. The normalized spacial score (nSPS) is 10.2. The molecule has 0 spiro atoms. The van der Waals surface area contributed by atoms with Crippen LogP contribution in [0, 0.1) is 0 Å². The van der Waals surface area contributed by atoms with Gasteiger partial charge in [0.2, 0.25) is 0 Å². The van der Waals surface area contributed by atoms with Crippen LogP contribution < -0.4 is 19.7 Å². The van der Waals surface area contributed by atoms with Crippen molar-refractivity contribution < 1.29 is 14.3 Å². The fraction of sp³-hybridized carbons (Fsp3) is 0.0909. The first-order chi connectivity index (χ1) is 14.0. The second-order valence-corrected chi connectivity index (χ2v) is 7.38. The summed E-state index contributed by atoms with van der Waals surface area (Å²) in [7, 11) is 3.44. The van der Waals surface area contributed by atoms with Crippen LogP contribution >= 0.6 is 28.1 Å². The smallest absolute Gasteiger partial charge is 0.269 e. The zero-order chi connectivity index (χ0) is 20.8. The lowest BCUT2D eigenvalue weighted by atomic mass is 10.2. The molecule has 0 radical (unpaired) electrons. The molecule has 0 aliphatic rings.